The Hall–Kier alpha value is -2.25. The molecule has 0 spiro atoms. The Labute approximate surface area is 166 Å². The van der Waals surface area contributed by atoms with Crippen LogP contribution in [0, 0.1) is 0 Å². The molecule has 0 radical (unpaired) electrons. The molecule has 0 fully saturated rings. The summed E-state index contributed by atoms with van der Waals surface area (Å²) in [5.41, 5.74) is 1.73. The maximum Gasteiger partial charge on any atom is 0.212 e. The number of hydrogen-bond acceptors (Lipinski definition) is 5. The second-order valence-electron chi connectivity index (χ2n) is 7.48. The molecule has 0 saturated heterocycles. The Morgan fingerprint density at radius 2 is 1.96 bits per heavy atom. The van der Waals surface area contributed by atoms with Crippen molar-refractivity contribution in [3.63, 3.8) is 0 Å². The van der Waals surface area contributed by atoms with Gasteiger partial charge >= 0.3 is 0 Å². The van der Waals surface area contributed by atoms with E-state index < -0.39 is 10.0 Å². The molecule has 6 nitrogen and oxygen atoms in total. The van der Waals surface area contributed by atoms with Gasteiger partial charge in [0.25, 0.3) is 0 Å². The minimum absolute atomic E-state index is 0.00164. The highest BCUT2D eigenvalue weighted by Crippen LogP contribution is 2.41. The SMILES string of the molecule is COc1cccc(CNS(=O)(=O)CCCOc2cccc3c2OC(C)(C)C3)c1. The van der Waals surface area contributed by atoms with E-state index in [1.807, 2.05) is 56.3 Å². The molecule has 3 rings (SSSR count). The molecule has 152 valence electrons. The van der Waals surface area contributed by atoms with E-state index in [4.69, 9.17) is 14.2 Å². The van der Waals surface area contributed by atoms with Crippen molar-refractivity contribution in [1.29, 1.82) is 0 Å². The number of benzene rings is 2. The lowest BCUT2D eigenvalue weighted by atomic mass is 10.0. The lowest BCUT2D eigenvalue weighted by Crippen LogP contribution is -2.26. The van der Waals surface area contributed by atoms with Gasteiger partial charge in [0, 0.05) is 18.5 Å². The van der Waals surface area contributed by atoms with Gasteiger partial charge in [0.15, 0.2) is 11.5 Å². The van der Waals surface area contributed by atoms with Crippen molar-refractivity contribution in [3.05, 3.63) is 53.6 Å². The fraction of sp³-hybridized carbons (Fsp3) is 0.429. The summed E-state index contributed by atoms with van der Waals surface area (Å²) in [4.78, 5) is 0. The average molecular weight is 406 g/mol. The lowest BCUT2D eigenvalue weighted by molar-refractivity contribution is 0.132. The Balaban J connectivity index is 1.47. The van der Waals surface area contributed by atoms with E-state index in [1.165, 1.54) is 0 Å². The zero-order valence-electron chi connectivity index (χ0n) is 16.5. The second kappa shape index (κ2) is 8.41. The summed E-state index contributed by atoms with van der Waals surface area (Å²) in [6, 6.07) is 13.1. The molecule has 0 amide bonds. The molecule has 0 unspecified atom stereocenters. The fourth-order valence-corrected chi connectivity index (χ4v) is 4.21. The number of para-hydroxylation sites is 1. The number of hydrogen-bond donors (Lipinski definition) is 1. The predicted molar refractivity (Wildman–Crippen MR) is 109 cm³/mol. The number of ether oxygens (including phenoxy) is 3. The van der Waals surface area contributed by atoms with Crippen LogP contribution < -0.4 is 18.9 Å². The van der Waals surface area contributed by atoms with Crippen LogP contribution in [0.15, 0.2) is 42.5 Å². The molecule has 7 heteroatoms. The number of rotatable bonds is 9. The van der Waals surface area contributed by atoms with Crippen molar-refractivity contribution in [1.82, 2.24) is 4.72 Å². The van der Waals surface area contributed by atoms with Crippen LogP contribution in [0.3, 0.4) is 0 Å². The average Bonchev–Trinajstić information content (AvgIpc) is 2.98. The number of nitrogens with one attached hydrogen (secondary N) is 1. The molecule has 28 heavy (non-hydrogen) atoms. The summed E-state index contributed by atoms with van der Waals surface area (Å²) in [6.07, 6.45) is 1.22. The van der Waals surface area contributed by atoms with Crippen LogP contribution >= 0.6 is 0 Å². The van der Waals surface area contributed by atoms with Gasteiger partial charge in [-0.05, 0) is 44.0 Å². The zero-order valence-corrected chi connectivity index (χ0v) is 17.3. The second-order valence-corrected chi connectivity index (χ2v) is 9.40. The van der Waals surface area contributed by atoms with Crippen LogP contribution in [0.4, 0.5) is 0 Å². The van der Waals surface area contributed by atoms with E-state index in [0.29, 0.717) is 24.5 Å². The molecular formula is C21H27NO5S. The van der Waals surface area contributed by atoms with Crippen molar-refractivity contribution in [3.8, 4) is 17.2 Å². The quantitative estimate of drug-likeness (QED) is 0.648. The van der Waals surface area contributed by atoms with Crippen molar-refractivity contribution >= 4 is 10.0 Å². The predicted octanol–water partition coefficient (Wildman–Crippen LogP) is 3.30. The van der Waals surface area contributed by atoms with E-state index in [9.17, 15) is 8.42 Å². The monoisotopic (exact) mass is 405 g/mol. The molecule has 2 aromatic rings. The summed E-state index contributed by atoms with van der Waals surface area (Å²) in [5, 5.41) is 0. The number of sulfonamides is 1. The first-order valence-electron chi connectivity index (χ1n) is 9.32. The molecular weight excluding hydrogens is 378 g/mol. The maximum absolute atomic E-state index is 12.2. The van der Waals surface area contributed by atoms with Crippen LogP contribution in [-0.2, 0) is 23.0 Å². The summed E-state index contributed by atoms with van der Waals surface area (Å²) in [5.74, 6) is 2.14. The number of fused-ring (bicyclic) bond motifs is 1. The van der Waals surface area contributed by atoms with Gasteiger partial charge < -0.3 is 14.2 Å². The summed E-state index contributed by atoms with van der Waals surface area (Å²) in [7, 11) is -1.81. The van der Waals surface area contributed by atoms with Crippen LogP contribution in [0.25, 0.3) is 0 Å². The molecule has 0 saturated carbocycles. The van der Waals surface area contributed by atoms with Crippen LogP contribution in [0.2, 0.25) is 0 Å². The van der Waals surface area contributed by atoms with Gasteiger partial charge in [-0.15, -0.1) is 0 Å². The first kappa shape index (κ1) is 20.5. The summed E-state index contributed by atoms with van der Waals surface area (Å²) in [6.45, 7) is 4.62. The number of methoxy groups -OCH3 is 1. The van der Waals surface area contributed by atoms with Gasteiger partial charge in [0.2, 0.25) is 10.0 Å². The third-order valence-corrected chi connectivity index (χ3v) is 5.91. The lowest BCUT2D eigenvalue weighted by Gasteiger charge is -2.18. The van der Waals surface area contributed by atoms with Gasteiger partial charge in [-0.2, -0.15) is 0 Å². The van der Waals surface area contributed by atoms with Crippen molar-refractivity contribution in [2.24, 2.45) is 0 Å². The van der Waals surface area contributed by atoms with E-state index in [-0.39, 0.29) is 17.9 Å². The molecule has 0 atom stereocenters. The largest absolute Gasteiger partial charge is 0.497 e. The minimum Gasteiger partial charge on any atom is -0.497 e. The van der Waals surface area contributed by atoms with Gasteiger partial charge in [0.05, 0.1) is 19.5 Å². The van der Waals surface area contributed by atoms with Crippen molar-refractivity contribution < 1.29 is 22.6 Å². The van der Waals surface area contributed by atoms with Gasteiger partial charge in [-0.25, -0.2) is 13.1 Å². The summed E-state index contributed by atoms with van der Waals surface area (Å²) < 4.78 is 44.0. The highest BCUT2D eigenvalue weighted by Gasteiger charge is 2.32. The Morgan fingerprint density at radius 1 is 1.18 bits per heavy atom. The van der Waals surface area contributed by atoms with Gasteiger partial charge in [0.1, 0.15) is 11.4 Å². The smallest absolute Gasteiger partial charge is 0.212 e. The molecule has 1 aliphatic heterocycles. The maximum atomic E-state index is 12.2. The fourth-order valence-electron chi connectivity index (χ4n) is 3.18. The van der Waals surface area contributed by atoms with E-state index in [0.717, 1.165) is 23.3 Å². The minimum atomic E-state index is -3.39. The summed E-state index contributed by atoms with van der Waals surface area (Å²) >= 11 is 0. The van der Waals surface area contributed by atoms with Crippen molar-refractivity contribution in [2.75, 3.05) is 19.5 Å². The highest BCUT2D eigenvalue weighted by atomic mass is 32.2. The first-order chi connectivity index (χ1) is 13.3. The third kappa shape index (κ3) is 5.39. The Kier molecular flexibility index (Phi) is 6.15. The molecule has 2 aromatic carbocycles. The first-order valence-corrected chi connectivity index (χ1v) is 11.0. The van der Waals surface area contributed by atoms with Crippen LogP contribution in [-0.4, -0.2) is 33.5 Å². The molecule has 0 aliphatic carbocycles. The van der Waals surface area contributed by atoms with E-state index in [2.05, 4.69) is 4.72 Å². The zero-order chi connectivity index (χ0) is 20.2. The molecule has 1 heterocycles. The third-order valence-electron chi connectivity index (χ3n) is 4.50. The standard InChI is InChI=1S/C21H27NO5S/c1-21(2)14-17-8-5-10-19(20(17)27-21)26-11-6-12-28(23,24)22-15-16-7-4-9-18(13-16)25-3/h4-5,7-10,13,22H,6,11-12,14-15H2,1-3H3. The molecule has 0 bridgehead atoms. The highest BCUT2D eigenvalue weighted by molar-refractivity contribution is 7.89. The Bertz CT molecular complexity index is 924. The van der Waals surface area contributed by atoms with Gasteiger partial charge in [-0.1, -0.05) is 24.3 Å². The van der Waals surface area contributed by atoms with Crippen molar-refractivity contribution in [2.45, 2.75) is 38.8 Å². The van der Waals surface area contributed by atoms with Crippen LogP contribution in [0.5, 0.6) is 17.2 Å². The topological polar surface area (TPSA) is 73.9 Å². The van der Waals surface area contributed by atoms with Gasteiger partial charge in [-0.3, -0.25) is 0 Å². The Morgan fingerprint density at radius 3 is 2.75 bits per heavy atom. The van der Waals surface area contributed by atoms with E-state index >= 15 is 0 Å². The van der Waals surface area contributed by atoms with E-state index in [1.54, 1.807) is 7.11 Å². The van der Waals surface area contributed by atoms with Crippen LogP contribution in [0.1, 0.15) is 31.4 Å². The molecule has 1 aliphatic rings. The normalized spacial score (nSPS) is 15.0. The molecule has 0 aromatic heterocycles. The molecule has 1 N–H and O–H groups in total.